The van der Waals surface area contributed by atoms with Crippen molar-refractivity contribution in [2.75, 3.05) is 0 Å². The number of fused-ring (bicyclic) bond motifs is 6. The Morgan fingerprint density at radius 3 is 2.12 bits per heavy atom. The molecule has 5 rings (SSSR count). The summed E-state index contributed by atoms with van der Waals surface area (Å²) < 4.78 is 2.02. The quantitative estimate of drug-likeness (QED) is 0.432. The normalized spacial score (nSPS) is 13.4. The molecule has 0 spiro atoms. The van der Waals surface area contributed by atoms with E-state index in [9.17, 15) is 9.59 Å². The Kier molecular flexibility index (Phi) is 2.44. The lowest BCUT2D eigenvalue weighted by Crippen LogP contribution is -2.21. The summed E-state index contributed by atoms with van der Waals surface area (Å²) in [6.45, 7) is 0. The maximum Gasteiger partial charge on any atom is 0.196 e. The second kappa shape index (κ2) is 4.42. The second-order valence-electron chi connectivity index (χ2n) is 6.16. The Labute approximate surface area is 138 Å². The lowest BCUT2D eigenvalue weighted by Gasteiger charge is -2.18. The smallest absolute Gasteiger partial charge is 0.196 e. The van der Waals surface area contributed by atoms with Gasteiger partial charge in [-0.25, -0.2) is 0 Å². The Hall–Kier alpha value is -3.20. The van der Waals surface area contributed by atoms with Crippen LogP contribution in [0, 0.1) is 0 Å². The first kappa shape index (κ1) is 13.3. The van der Waals surface area contributed by atoms with Crippen LogP contribution in [0.1, 0.15) is 31.8 Å². The van der Waals surface area contributed by atoms with E-state index in [0.717, 1.165) is 21.8 Å². The van der Waals surface area contributed by atoms with Crippen LogP contribution in [-0.2, 0) is 7.05 Å². The summed E-state index contributed by atoms with van der Waals surface area (Å²) in [7, 11) is 1.95. The van der Waals surface area contributed by atoms with Gasteiger partial charge in [0.2, 0.25) is 0 Å². The molecule has 0 atom stereocenters. The fraction of sp³-hybridized carbons (Fsp3) is 0.0476. The van der Waals surface area contributed by atoms with Crippen LogP contribution in [-0.4, -0.2) is 16.1 Å². The lowest BCUT2D eigenvalue weighted by molar-refractivity contribution is 0.0980. The number of carbonyl (C=O) groups is 2. The third kappa shape index (κ3) is 1.46. The highest BCUT2D eigenvalue weighted by molar-refractivity contribution is 6.33. The number of para-hydroxylation sites is 1. The second-order valence-corrected chi connectivity index (χ2v) is 6.16. The summed E-state index contributed by atoms with van der Waals surface area (Å²) >= 11 is 0. The highest BCUT2D eigenvalue weighted by Crippen LogP contribution is 2.36. The number of rotatable bonds is 0. The van der Waals surface area contributed by atoms with E-state index >= 15 is 0 Å². The van der Waals surface area contributed by atoms with Gasteiger partial charge in [0.15, 0.2) is 11.6 Å². The monoisotopic (exact) mass is 311 g/mol. The van der Waals surface area contributed by atoms with Gasteiger partial charge >= 0.3 is 0 Å². The van der Waals surface area contributed by atoms with Crippen LogP contribution >= 0.6 is 0 Å². The molecule has 3 nitrogen and oxygen atoms in total. The number of hydrogen-bond acceptors (Lipinski definition) is 2. The Morgan fingerprint density at radius 1 is 0.667 bits per heavy atom. The van der Waals surface area contributed by atoms with Crippen molar-refractivity contribution in [3.8, 4) is 0 Å². The van der Waals surface area contributed by atoms with Gasteiger partial charge in [-0.3, -0.25) is 9.59 Å². The van der Waals surface area contributed by atoms with Crippen molar-refractivity contribution in [2.45, 2.75) is 0 Å². The predicted molar refractivity (Wildman–Crippen MR) is 93.7 cm³/mol. The number of nitrogens with zero attached hydrogens (tertiary/aromatic N) is 1. The molecule has 24 heavy (non-hydrogen) atoms. The largest absolute Gasteiger partial charge is 0.343 e. The molecule has 0 saturated carbocycles. The average Bonchev–Trinajstić information content (AvgIpc) is 2.92. The zero-order valence-electron chi connectivity index (χ0n) is 13.0. The van der Waals surface area contributed by atoms with Crippen LogP contribution in [0.5, 0.6) is 0 Å². The minimum atomic E-state index is -0.0765. The fourth-order valence-electron chi connectivity index (χ4n) is 3.85. The van der Waals surface area contributed by atoms with Crippen LogP contribution in [0.3, 0.4) is 0 Å². The summed E-state index contributed by atoms with van der Waals surface area (Å²) in [6, 6.07) is 18.9. The van der Waals surface area contributed by atoms with E-state index in [2.05, 4.69) is 0 Å². The van der Waals surface area contributed by atoms with Crippen molar-refractivity contribution >= 4 is 33.4 Å². The molecular weight excluding hydrogens is 298 g/mol. The topological polar surface area (TPSA) is 39.1 Å². The van der Waals surface area contributed by atoms with Crippen LogP contribution in [0.2, 0.25) is 0 Å². The Morgan fingerprint density at radius 2 is 1.33 bits per heavy atom. The van der Waals surface area contributed by atoms with Gasteiger partial charge in [0, 0.05) is 40.0 Å². The molecular formula is C21H13NO2. The minimum Gasteiger partial charge on any atom is -0.343 e. The molecule has 1 aliphatic carbocycles. The molecule has 1 aromatic heterocycles. The van der Waals surface area contributed by atoms with Gasteiger partial charge in [0.25, 0.3) is 0 Å². The molecule has 3 aromatic carbocycles. The molecule has 114 valence electrons. The lowest BCUT2D eigenvalue weighted by atomic mass is 9.83. The molecule has 0 aliphatic heterocycles. The van der Waals surface area contributed by atoms with Gasteiger partial charge in [0.05, 0.1) is 11.1 Å². The van der Waals surface area contributed by atoms with Crippen molar-refractivity contribution in [3.63, 3.8) is 0 Å². The number of hydrogen-bond donors (Lipinski definition) is 0. The van der Waals surface area contributed by atoms with Gasteiger partial charge in [-0.15, -0.1) is 0 Å². The molecule has 1 heterocycles. The van der Waals surface area contributed by atoms with Gasteiger partial charge in [-0.2, -0.15) is 0 Å². The van der Waals surface area contributed by atoms with E-state index in [0.29, 0.717) is 22.3 Å². The zero-order chi connectivity index (χ0) is 16.4. The third-order valence-corrected chi connectivity index (χ3v) is 4.96. The van der Waals surface area contributed by atoms with E-state index in [4.69, 9.17) is 0 Å². The molecule has 3 heteroatoms. The summed E-state index contributed by atoms with van der Waals surface area (Å²) in [4.78, 5) is 26.0. The zero-order valence-corrected chi connectivity index (χ0v) is 13.0. The molecule has 0 bridgehead atoms. The highest BCUT2D eigenvalue weighted by Gasteiger charge is 2.32. The van der Waals surface area contributed by atoms with Crippen molar-refractivity contribution in [1.82, 2.24) is 4.57 Å². The third-order valence-electron chi connectivity index (χ3n) is 4.96. The van der Waals surface area contributed by atoms with Crippen molar-refractivity contribution in [2.24, 2.45) is 7.05 Å². The number of benzene rings is 3. The van der Waals surface area contributed by atoms with Crippen LogP contribution in [0.15, 0.2) is 60.7 Å². The maximum absolute atomic E-state index is 13.1. The Balaban J connectivity index is 1.98. The summed E-state index contributed by atoms with van der Waals surface area (Å²) in [6.07, 6.45) is 0. The van der Waals surface area contributed by atoms with Crippen molar-refractivity contribution in [3.05, 3.63) is 82.9 Å². The van der Waals surface area contributed by atoms with E-state index < -0.39 is 0 Å². The Bertz CT molecular complexity index is 1200. The molecule has 0 amide bonds. The molecule has 0 radical (unpaired) electrons. The first-order chi connectivity index (χ1) is 11.7. The maximum atomic E-state index is 13.1. The summed E-state index contributed by atoms with van der Waals surface area (Å²) in [5.74, 6) is -0.149. The molecule has 4 aromatic rings. The molecule has 0 unspecified atom stereocenters. The molecule has 0 saturated heterocycles. The number of aryl methyl sites for hydroxylation is 1. The van der Waals surface area contributed by atoms with Gasteiger partial charge in [0.1, 0.15) is 0 Å². The molecule has 0 N–H and O–H groups in total. The fourth-order valence-corrected chi connectivity index (χ4v) is 3.85. The van der Waals surface area contributed by atoms with Crippen molar-refractivity contribution < 1.29 is 9.59 Å². The van der Waals surface area contributed by atoms with E-state index in [-0.39, 0.29) is 11.6 Å². The molecule has 0 fully saturated rings. The number of ketones is 2. The summed E-state index contributed by atoms with van der Waals surface area (Å²) in [5.41, 5.74) is 3.90. The van der Waals surface area contributed by atoms with Crippen LogP contribution in [0.25, 0.3) is 21.8 Å². The van der Waals surface area contributed by atoms with E-state index in [1.165, 1.54) is 0 Å². The van der Waals surface area contributed by atoms with Gasteiger partial charge < -0.3 is 4.57 Å². The van der Waals surface area contributed by atoms with E-state index in [1.54, 1.807) is 30.3 Å². The number of aromatic nitrogens is 1. The first-order valence-corrected chi connectivity index (χ1v) is 7.87. The predicted octanol–water partition coefficient (Wildman–Crippen LogP) is 4.11. The molecule has 1 aliphatic rings. The standard InChI is InChI=1S/C21H13NO2/c1-22-17-9-5-4-6-12(17)13-10-11-16-18(19(13)22)21(24)15-8-3-2-7-14(15)20(16)23/h2-11H,1H3. The number of carbonyl (C=O) groups excluding carboxylic acids is 2. The van der Waals surface area contributed by atoms with Gasteiger partial charge in [-0.05, 0) is 12.1 Å². The SMILES string of the molecule is Cn1c2ccccc2c2ccc3c(c21)C(=O)c1ccccc1C3=O. The van der Waals surface area contributed by atoms with Gasteiger partial charge in [-0.1, -0.05) is 48.5 Å². The van der Waals surface area contributed by atoms with Crippen LogP contribution < -0.4 is 0 Å². The highest BCUT2D eigenvalue weighted by atomic mass is 16.1. The van der Waals surface area contributed by atoms with E-state index in [1.807, 2.05) is 41.9 Å². The van der Waals surface area contributed by atoms with Crippen LogP contribution in [0.4, 0.5) is 0 Å². The average molecular weight is 311 g/mol. The summed E-state index contributed by atoms with van der Waals surface area (Å²) in [5, 5.41) is 2.10. The minimum absolute atomic E-state index is 0.0725. The van der Waals surface area contributed by atoms with Crippen molar-refractivity contribution in [1.29, 1.82) is 0 Å². The first-order valence-electron chi connectivity index (χ1n) is 7.87.